The van der Waals surface area contributed by atoms with Crippen molar-refractivity contribution in [3.63, 3.8) is 0 Å². The molecule has 0 atom stereocenters. The van der Waals surface area contributed by atoms with Gasteiger partial charge in [-0.05, 0) is 55.0 Å². The highest BCUT2D eigenvalue weighted by molar-refractivity contribution is 9.10. The Hall–Kier alpha value is -1.86. The lowest BCUT2D eigenvalue weighted by molar-refractivity contribution is -0.144. The summed E-state index contributed by atoms with van der Waals surface area (Å²) in [4.78, 5) is 24.4. The van der Waals surface area contributed by atoms with Crippen LogP contribution >= 0.6 is 27.7 Å². The van der Waals surface area contributed by atoms with E-state index in [1.54, 1.807) is 0 Å². The van der Waals surface area contributed by atoms with Crippen molar-refractivity contribution in [2.24, 2.45) is 0 Å². The quantitative estimate of drug-likeness (QED) is 0.572. The first-order chi connectivity index (χ1) is 11.4. The summed E-state index contributed by atoms with van der Waals surface area (Å²) in [5.74, 6) is -1.22. The van der Waals surface area contributed by atoms with Crippen LogP contribution in [0, 0.1) is 12.7 Å². The Labute approximate surface area is 151 Å². The molecule has 1 amide bonds. The molecule has 0 heterocycles. The second-order valence-electron chi connectivity index (χ2n) is 4.91. The number of anilines is 1. The van der Waals surface area contributed by atoms with Crippen molar-refractivity contribution in [3.05, 3.63) is 58.3 Å². The minimum atomic E-state index is -0.475. The lowest BCUT2D eigenvalue weighted by Crippen LogP contribution is -2.21. The third kappa shape index (κ3) is 5.98. The normalized spacial score (nSPS) is 10.3. The van der Waals surface area contributed by atoms with Crippen LogP contribution in [-0.2, 0) is 14.3 Å². The lowest BCUT2D eigenvalue weighted by Gasteiger charge is -2.08. The molecule has 0 aliphatic heterocycles. The number of nitrogens with one attached hydrogen (secondary N) is 1. The number of hydrogen-bond acceptors (Lipinski definition) is 4. The molecule has 24 heavy (non-hydrogen) atoms. The second-order valence-corrected chi connectivity index (χ2v) is 6.85. The molecule has 2 rings (SSSR count). The van der Waals surface area contributed by atoms with Crippen molar-refractivity contribution in [2.75, 3.05) is 17.7 Å². The first kappa shape index (κ1) is 18.5. The number of carbonyl (C=O) groups is 2. The Morgan fingerprint density at radius 1 is 1.21 bits per heavy atom. The van der Waals surface area contributed by atoms with Gasteiger partial charge < -0.3 is 10.1 Å². The van der Waals surface area contributed by atoms with E-state index < -0.39 is 11.9 Å². The van der Waals surface area contributed by atoms with Crippen molar-refractivity contribution in [1.82, 2.24) is 0 Å². The number of benzene rings is 2. The molecule has 7 heteroatoms. The van der Waals surface area contributed by atoms with E-state index in [1.165, 1.54) is 36.0 Å². The molecule has 1 N–H and O–H groups in total. The van der Waals surface area contributed by atoms with Gasteiger partial charge in [0.25, 0.3) is 5.91 Å². The van der Waals surface area contributed by atoms with E-state index in [2.05, 4.69) is 21.2 Å². The van der Waals surface area contributed by atoms with Crippen LogP contribution in [0.25, 0.3) is 0 Å². The Morgan fingerprint density at radius 2 is 1.92 bits per heavy atom. The van der Waals surface area contributed by atoms with E-state index >= 15 is 0 Å². The van der Waals surface area contributed by atoms with Gasteiger partial charge in [-0.2, -0.15) is 0 Å². The zero-order chi connectivity index (χ0) is 17.5. The summed E-state index contributed by atoms with van der Waals surface area (Å²) in [6.45, 7) is 1.57. The molecule has 0 aromatic heterocycles. The molecule has 0 saturated carbocycles. The molecule has 0 saturated heterocycles. The van der Waals surface area contributed by atoms with Gasteiger partial charge in [-0.15, -0.1) is 11.8 Å². The van der Waals surface area contributed by atoms with Crippen molar-refractivity contribution in [3.8, 4) is 0 Å². The second kappa shape index (κ2) is 8.84. The molecule has 0 spiro atoms. The fraction of sp³-hybridized carbons (Fsp3) is 0.176. The molecular formula is C17H15BrFNO3S. The molecule has 0 radical (unpaired) electrons. The van der Waals surface area contributed by atoms with E-state index in [9.17, 15) is 14.0 Å². The molecule has 0 fully saturated rings. The van der Waals surface area contributed by atoms with E-state index in [0.29, 0.717) is 5.69 Å². The Morgan fingerprint density at radius 3 is 2.58 bits per heavy atom. The van der Waals surface area contributed by atoms with Crippen LogP contribution in [0.15, 0.2) is 51.8 Å². The summed E-state index contributed by atoms with van der Waals surface area (Å²) in [6.07, 6.45) is 0. The van der Waals surface area contributed by atoms with Crippen LogP contribution in [0.5, 0.6) is 0 Å². The van der Waals surface area contributed by atoms with Crippen molar-refractivity contribution < 1.29 is 18.7 Å². The average Bonchev–Trinajstić information content (AvgIpc) is 2.54. The third-order valence-corrected chi connectivity index (χ3v) is 4.62. The zero-order valence-corrected chi connectivity index (χ0v) is 15.2. The number of rotatable bonds is 6. The van der Waals surface area contributed by atoms with Gasteiger partial charge in [0.05, 0.1) is 5.75 Å². The van der Waals surface area contributed by atoms with Crippen molar-refractivity contribution in [2.45, 2.75) is 11.8 Å². The zero-order valence-electron chi connectivity index (χ0n) is 12.8. The lowest BCUT2D eigenvalue weighted by atomic mass is 10.2. The van der Waals surface area contributed by atoms with Crippen LogP contribution < -0.4 is 5.32 Å². The summed E-state index contributed by atoms with van der Waals surface area (Å²) >= 11 is 4.73. The summed E-state index contributed by atoms with van der Waals surface area (Å²) in [5, 5.41) is 2.52. The summed E-state index contributed by atoms with van der Waals surface area (Å²) < 4.78 is 18.7. The van der Waals surface area contributed by atoms with Crippen molar-refractivity contribution >= 4 is 45.3 Å². The maximum Gasteiger partial charge on any atom is 0.316 e. The average molecular weight is 412 g/mol. The number of ether oxygens (including phenoxy) is 1. The Kier molecular flexibility index (Phi) is 6.81. The van der Waals surface area contributed by atoms with Crippen molar-refractivity contribution in [1.29, 1.82) is 0 Å². The largest absolute Gasteiger partial charge is 0.455 e. The number of hydrogen-bond donors (Lipinski definition) is 1. The van der Waals surface area contributed by atoms with Gasteiger partial charge in [-0.25, -0.2) is 4.39 Å². The molecule has 2 aromatic carbocycles. The maximum atomic E-state index is 12.8. The number of amides is 1. The van der Waals surface area contributed by atoms with Gasteiger partial charge >= 0.3 is 5.97 Å². The van der Waals surface area contributed by atoms with E-state index in [0.717, 1.165) is 14.9 Å². The molecule has 2 aromatic rings. The van der Waals surface area contributed by atoms with Gasteiger partial charge in [-0.1, -0.05) is 15.9 Å². The van der Waals surface area contributed by atoms with E-state index in [4.69, 9.17) is 4.74 Å². The highest BCUT2D eigenvalue weighted by atomic mass is 79.9. The number of halogens is 2. The highest BCUT2D eigenvalue weighted by Crippen LogP contribution is 2.25. The highest BCUT2D eigenvalue weighted by Gasteiger charge is 2.10. The molecule has 0 aliphatic carbocycles. The fourth-order valence-corrected chi connectivity index (χ4v) is 3.11. The fourth-order valence-electron chi connectivity index (χ4n) is 1.83. The van der Waals surface area contributed by atoms with E-state index in [-0.39, 0.29) is 18.2 Å². The Balaban J connectivity index is 1.74. The molecule has 0 bridgehead atoms. The van der Waals surface area contributed by atoms with Crippen LogP contribution in [0.4, 0.5) is 10.1 Å². The van der Waals surface area contributed by atoms with Crippen LogP contribution in [0.3, 0.4) is 0 Å². The smallest absolute Gasteiger partial charge is 0.316 e. The van der Waals surface area contributed by atoms with Gasteiger partial charge in [0.15, 0.2) is 6.61 Å². The number of esters is 1. The number of thioether (sulfide) groups is 1. The van der Waals surface area contributed by atoms with Gasteiger partial charge in [-0.3, -0.25) is 9.59 Å². The number of aryl methyl sites for hydroxylation is 1. The topological polar surface area (TPSA) is 55.4 Å². The van der Waals surface area contributed by atoms with Crippen LogP contribution in [0.1, 0.15) is 5.56 Å². The third-order valence-electron chi connectivity index (χ3n) is 2.97. The van der Waals surface area contributed by atoms with Crippen LogP contribution in [0.2, 0.25) is 0 Å². The number of carbonyl (C=O) groups excluding carboxylic acids is 2. The van der Waals surface area contributed by atoms with Gasteiger partial charge in [0.1, 0.15) is 5.82 Å². The SMILES string of the molecule is Cc1cc(Br)ccc1SCC(=O)OCC(=O)Nc1ccc(F)cc1. The molecule has 4 nitrogen and oxygen atoms in total. The minimum absolute atomic E-state index is 0.117. The summed E-state index contributed by atoms with van der Waals surface area (Å²) in [6, 6.07) is 11.1. The Bertz CT molecular complexity index is 737. The first-order valence-electron chi connectivity index (χ1n) is 7.04. The van der Waals surface area contributed by atoms with Crippen LogP contribution in [-0.4, -0.2) is 24.2 Å². The maximum absolute atomic E-state index is 12.8. The first-order valence-corrected chi connectivity index (χ1v) is 8.82. The monoisotopic (exact) mass is 411 g/mol. The molecule has 0 aliphatic rings. The summed E-state index contributed by atoms with van der Waals surface area (Å²) in [5.41, 5.74) is 1.49. The van der Waals surface area contributed by atoms with E-state index in [1.807, 2.05) is 25.1 Å². The predicted molar refractivity (Wildman–Crippen MR) is 95.6 cm³/mol. The van der Waals surface area contributed by atoms with Gasteiger partial charge in [0, 0.05) is 15.1 Å². The summed E-state index contributed by atoms with van der Waals surface area (Å²) in [7, 11) is 0. The molecular weight excluding hydrogens is 397 g/mol. The predicted octanol–water partition coefficient (Wildman–Crippen LogP) is 4.17. The van der Waals surface area contributed by atoms with Gasteiger partial charge in [0.2, 0.25) is 0 Å². The molecule has 126 valence electrons. The minimum Gasteiger partial charge on any atom is -0.455 e. The standard InChI is InChI=1S/C17H15BrFNO3S/c1-11-8-12(18)2-7-15(11)24-10-17(22)23-9-16(21)20-14-5-3-13(19)4-6-14/h2-8H,9-10H2,1H3,(H,20,21). The molecule has 0 unspecified atom stereocenters.